The minimum atomic E-state index is -1.10. The summed E-state index contributed by atoms with van der Waals surface area (Å²) in [6.45, 7) is 5.24. The maximum absolute atomic E-state index is 13.6. The maximum atomic E-state index is 13.6. The topological polar surface area (TPSA) is 126 Å². The normalized spacial score (nSPS) is 16.2. The van der Waals surface area contributed by atoms with Crippen LogP contribution in [0.25, 0.3) is 10.2 Å². The van der Waals surface area contributed by atoms with Gasteiger partial charge in [0, 0.05) is 0 Å². The van der Waals surface area contributed by atoms with Gasteiger partial charge in [-0.05, 0) is 65.3 Å². The van der Waals surface area contributed by atoms with E-state index in [0.29, 0.717) is 34.1 Å². The SMILES string of the molecule is C=C(C)C(C(=O)OCc1cc(OC)c(OC)c(OC)c1)N1C(=O)C(NC(=O)COc2ccccc2)C1SSc1nc2ccccc2s1. The smallest absolute Gasteiger partial charge is 0.333 e. The Kier molecular flexibility index (Phi) is 11.2. The fourth-order valence-corrected chi connectivity index (χ4v) is 8.82. The fourth-order valence-electron chi connectivity index (χ4n) is 4.86. The third-order valence-corrected chi connectivity index (χ3v) is 11.1. The highest BCUT2D eigenvalue weighted by atomic mass is 33.1. The molecule has 2 heterocycles. The number of benzene rings is 3. The van der Waals surface area contributed by atoms with Crippen molar-refractivity contribution < 1.29 is 38.1 Å². The van der Waals surface area contributed by atoms with Crippen LogP contribution in [0, 0.1) is 0 Å². The number of carbonyl (C=O) groups is 3. The maximum Gasteiger partial charge on any atom is 0.333 e. The largest absolute Gasteiger partial charge is 0.493 e. The van der Waals surface area contributed by atoms with Crippen molar-refractivity contribution in [3.8, 4) is 23.0 Å². The quantitative estimate of drug-likeness (QED) is 0.0736. The lowest BCUT2D eigenvalue weighted by molar-refractivity contribution is -0.163. The minimum Gasteiger partial charge on any atom is -0.493 e. The van der Waals surface area contributed by atoms with Crippen LogP contribution in [-0.4, -0.2) is 73.1 Å². The lowest BCUT2D eigenvalue weighted by Gasteiger charge is -2.49. The Labute approximate surface area is 284 Å². The van der Waals surface area contributed by atoms with Crippen molar-refractivity contribution >= 4 is 60.9 Å². The number of nitrogens with zero attached hydrogens (tertiary/aromatic N) is 2. The molecule has 0 saturated carbocycles. The number of hydrogen-bond donors (Lipinski definition) is 1. The third kappa shape index (κ3) is 7.77. The van der Waals surface area contributed by atoms with Crippen molar-refractivity contribution in [2.75, 3.05) is 27.9 Å². The van der Waals surface area contributed by atoms with E-state index in [-0.39, 0.29) is 13.2 Å². The van der Waals surface area contributed by atoms with E-state index < -0.39 is 35.2 Å². The summed E-state index contributed by atoms with van der Waals surface area (Å²) in [4.78, 5) is 46.2. The molecular weight excluding hydrogens is 663 g/mol. The molecule has 1 fully saturated rings. The van der Waals surface area contributed by atoms with Crippen molar-refractivity contribution in [1.29, 1.82) is 0 Å². The lowest BCUT2D eigenvalue weighted by Crippen LogP contribution is -2.73. The highest BCUT2D eigenvalue weighted by Crippen LogP contribution is 2.45. The number of β-lactam (4-membered cyclic amide) rings is 1. The summed E-state index contributed by atoms with van der Waals surface area (Å²) in [5, 5.41) is 2.14. The molecule has 4 aromatic rings. The van der Waals surface area contributed by atoms with Crippen LogP contribution in [0.2, 0.25) is 0 Å². The second kappa shape index (κ2) is 15.5. The Bertz CT molecular complexity index is 1710. The van der Waals surface area contributed by atoms with Gasteiger partial charge in [-0.2, -0.15) is 0 Å². The number of rotatable bonds is 15. The zero-order chi connectivity index (χ0) is 33.5. The van der Waals surface area contributed by atoms with Gasteiger partial charge in [0.15, 0.2) is 28.5 Å². The number of thiazole rings is 1. The molecule has 1 aliphatic heterocycles. The molecule has 246 valence electrons. The van der Waals surface area contributed by atoms with Crippen molar-refractivity contribution in [2.24, 2.45) is 0 Å². The molecule has 5 rings (SSSR count). The van der Waals surface area contributed by atoms with Gasteiger partial charge in [0.2, 0.25) is 11.7 Å². The van der Waals surface area contributed by atoms with Crippen LogP contribution >= 0.6 is 32.9 Å². The molecule has 1 aromatic heterocycles. The van der Waals surface area contributed by atoms with Crippen LogP contribution in [0.3, 0.4) is 0 Å². The van der Waals surface area contributed by atoms with E-state index in [2.05, 4.69) is 16.9 Å². The minimum absolute atomic E-state index is 0.128. The Morgan fingerprint density at radius 3 is 2.34 bits per heavy atom. The van der Waals surface area contributed by atoms with E-state index in [1.165, 1.54) is 59.2 Å². The Morgan fingerprint density at radius 1 is 1.02 bits per heavy atom. The van der Waals surface area contributed by atoms with E-state index in [1.54, 1.807) is 43.3 Å². The van der Waals surface area contributed by atoms with Crippen molar-refractivity contribution in [3.63, 3.8) is 0 Å². The number of carbonyl (C=O) groups excluding carboxylic acids is 3. The van der Waals surface area contributed by atoms with Gasteiger partial charge >= 0.3 is 5.97 Å². The first kappa shape index (κ1) is 33.9. The summed E-state index contributed by atoms with van der Waals surface area (Å²) in [6.07, 6.45) is 0. The van der Waals surface area contributed by atoms with Crippen molar-refractivity contribution in [1.82, 2.24) is 15.2 Å². The molecule has 1 N–H and O–H groups in total. The number of aromatic nitrogens is 1. The van der Waals surface area contributed by atoms with E-state index in [1.807, 2.05) is 30.3 Å². The molecule has 1 saturated heterocycles. The highest BCUT2D eigenvalue weighted by Gasteiger charge is 2.54. The summed E-state index contributed by atoms with van der Waals surface area (Å²) in [7, 11) is 7.17. The van der Waals surface area contributed by atoms with Gasteiger partial charge in [0.1, 0.15) is 23.8 Å². The molecule has 1 aliphatic rings. The number of amides is 2. The number of hydrogen-bond acceptors (Lipinski definition) is 12. The van der Waals surface area contributed by atoms with E-state index in [9.17, 15) is 14.4 Å². The first-order valence-electron chi connectivity index (χ1n) is 14.3. The number of para-hydroxylation sites is 2. The molecular formula is C33H33N3O8S3. The van der Waals surface area contributed by atoms with Crippen LogP contribution in [0.1, 0.15) is 12.5 Å². The first-order chi connectivity index (χ1) is 22.7. The molecule has 3 atom stereocenters. The molecule has 0 bridgehead atoms. The monoisotopic (exact) mass is 695 g/mol. The Hall–Kier alpha value is -4.40. The molecule has 2 amide bonds. The second-order valence-electron chi connectivity index (χ2n) is 10.3. The summed E-state index contributed by atoms with van der Waals surface area (Å²) in [6, 6.07) is 18.0. The summed E-state index contributed by atoms with van der Waals surface area (Å²) in [5.74, 6) is 0.156. The molecule has 0 radical (unpaired) electrons. The van der Waals surface area contributed by atoms with E-state index in [0.717, 1.165) is 14.6 Å². The molecule has 3 unspecified atom stereocenters. The molecule has 14 heteroatoms. The summed E-state index contributed by atoms with van der Waals surface area (Å²) >= 11 is 1.51. The Balaban J connectivity index is 1.32. The standard InChI is InChI=1S/C33H33N3O8S3/c1-19(2)28(32(39)44-17-20-15-23(40-3)29(42-5)24(16-20)41-4)36-30(38)27(35-26(37)18-43-21-11-7-6-8-12-21)31(36)46-47-33-34-22-13-9-10-14-25(22)45-33/h6-16,27-28,31H,1,17-18H2,2-5H3,(H,35,37). The summed E-state index contributed by atoms with van der Waals surface area (Å²) in [5.41, 5.74) is 1.85. The number of methoxy groups -OCH3 is 3. The van der Waals surface area contributed by atoms with Crippen LogP contribution in [0.15, 0.2) is 83.2 Å². The predicted octanol–water partition coefficient (Wildman–Crippen LogP) is 5.48. The molecule has 0 aliphatic carbocycles. The van der Waals surface area contributed by atoms with Crippen LogP contribution in [-0.2, 0) is 25.7 Å². The number of fused-ring (bicyclic) bond motifs is 1. The van der Waals surface area contributed by atoms with Crippen LogP contribution < -0.4 is 24.3 Å². The number of nitrogens with one attached hydrogen (secondary N) is 1. The van der Waals surface area contributed by atoms with Gasteiger partial charge < -0.3 is 33.9 Å². The number of ether oxygens (including phenoxy) is 5. The number of esters is 1. The zero-order valence-electron chi connectivity index (χ0n) is 26.1. The van der Waals surface area contributed by atoms with Gasteiger partial charge in [-0.15, -0.1) is 11.3 Å². The average Bonchev–Trinajstić information content (AvgIpc) is 3.51. The van der Waals surface area contributed by atoms with Gasteiger partial charge in [0.25, 0.3) is 5.91 Å². The van der Waals surface area contributed by atoms with Crippen LogP contribution in [0.4, 0.5) is 0 Å². The number of likely N-dealkylation sites (tertiary alicyclic amines) is 1. The van der Waals surface area contributed by atoms with E-state index in [4.69, 9.17) is 23.7 Å². The fraction of sp³-hybridized carbons (Fsp3) is 0.273. The molecule has 3 aromatic carbocycles. The third-order valence-electron chi connectivity index (χ3n) is 7.08. The first-order valence-corrected chi connectivity index (χ1v) is 17.4. The Morgan fingerprint density at radius 2 is 1.70 bits per heavy atom. The predicted molar refractivity (Wildman–Crippen MR) is 182 cm³/mol. The zero-order valence-corrected chi connectivity index (χ0v) is 28.5. The van der Waals surface area contributed by atoms with Gasteiger partial charge in [0.05, 0.1) is 31.5 Å². The van der Waals surface area contributed by atoms with Gasteiger partial charge in [-0.3, -0.25) is 9.59 Å². The second-order valence-corrected chi connectivity index (χ2v) is 13.9. The lowest BCUT2D eigenvalue weighted by atomic mass is 9.99. The van der Waals surface area contributed by atoms with Gasteiger partial charge in [-0.1, -0.05) is 47.7 Å². The molecule has 11 nitrogen and oxygen atoms in total. The highest BCUT2D eigenvalue weighted by molar-refractivity contribution is 8.77. The van der Waals surface area contributed by atoms with Gasteiger partial charge in [-0.25, -0.2) is 9.78 Å². The average molecular weight is 696 g/mol. The van der Waals surface area contributed by atoms with E-state index >= 15 is 0 Å². The summed E-state index contributed by atoms with van der Waals surface area (Å²) < 4.78 is 29.3. The molecule has 0 spiro atoms. The van der Waals surface area contributed by atoms with Crippen molar-refractivity contribution in [2.45, 2.75) is 35.3 Å². The van der Waals surface area contributed by atoms with Crippen LogP contribution in [0.5, 0.6) is 23.0 Å². The van der Waals surface area contributed by atoms with Crippen molar-refractivity contribution in [3.05, 3.63) is 84.4 Å². The molecule has 47 heavy (non-hydrogen) atoms.